The summed E-state index contributed by atoms with van der Waals surface area (Å²) in [7, 11) is -3.20. The van der Waals surface area contributed by atoms with Gasteiger partial charge in [-0.3, -0.25) is 0 Å². The van der Waals surface area contributed by atoms with Gasteiger partial charge in [0, 0.05) is 19.6 Å². The molecule has 1 saturated heterocycles. The molecule has 14 heavy (non-hydrogen) atoms. The van der Waals surface area contributed by atoms with E-state index in [1.54, 1.807) is 0 Å². The largest absolute Gasteiger partial charge is 0.374 e. The number of hydrogen-bond donors (Lipinski definition) is 1. The number of sulfonamides is 1. The highest BCUT2D eigenvalue weighted by molar-refractivity contribution is 7.89. The molecule has 6 heteroatoms. The molecule has 1 heterocycles. The fraction of sp³-hybridized carbons (Fsp3) is 0.750. The van der Waals surface area contributed by atoms with Crippen molar-refractivity contribution >= 4 is 10.0 Å². The van der Waals surface area contributed by atoms with Gasteiger partial charge in [0.1, 0.15) is 0 Å². The SMILES string of the molecule is C=CCS(=O)(=O)N1CCOC(CN)C1. The van der Waals surface area contributed by atoms with Crippen molar-refractivity contribution in [3.05, 3.63) is 12.7 Å². The second kappa shape index (κ2) is 4.88. The van der Waals surface area contributed by atoms with Crippen LogP contribution in [0.4, 0.5) is 0 Å². The number of hydrogen-bond acceptors (Lipinski definition) is 4. The van der Waals surface area contributed by atoms with E-state index in [0.29, 0.717) is 26.2 Å². The van der Waals surface area contributed by atoms with Gasteiger partial charge >= 0.3 is 0 Å². The van der Waals surface area contributed by atoms with Crippen molar-refractivity contribution < 1.29 is 13.2 Å². The van der Waals surface area contributed by atoms with Crippen LogP contribution in [0.1, 0.15) is 0 Å². The maximum Gasteiger partial charge on any atom is 0.217 e. The third kappa shape index (κ3) is 2.78. The molecule has 2 N–H and O–H groups in total. The van der Waals surface area contributed by atoms with E-state index in [4.69, 9.17) is 10.5 Å². The molecule has 0 bridgehead atoms. The summed E-state index contributed by atoms with van der Waals surface area (Å²) in [4.78, 5) is 0. The van der Waals surface area contributed by atoms with E-state index in [1.165, 1.54) is 10.4 Å². The smallest absolute Gasteiger partial charge is 0.217 e. The molecule has 82 valence electrons. The van der Waals surface area contributed by atoms with Crippen LogP contribution >= 0.6 is 0 Å². The second-order valence-electron chi connectivity index (χ2n) is 3.15. The van der Waals surface area contributed by atoms with Gasteiger partial charge in [-0.1, -0.05) is 6.08 Å². The molecule has 0 amide bonds. The molecule has 0 aromatic carbocycles. The van der Waals surface area contributed by atoms with Crippen LogP contribution in [0.2, 0.25) is 0 Å². The van der Waals surface area contributed by atoms with Crippen LogP contribution < -0.4 is 5.73 Å². The predicted octanol–water partition coefficient (Wildman–Crippen LogP) is -0.838. The molecule has 0 aromatic rings. The Balaban J connectivity index is 2.63. The van der Waals surface area contributed by atoms with Crippen molar-refractivity contribution in [3.63, 3.8) is 0 Å². The molecule has 1 atom stereocenters. The predicted molar refractivity (Wildman–Crippen MR) is 54.4 cm³/mol. The summed E-state index contributed by atoms with van der Waals surface area (Å²) in [6.45, 7) is 4.94. The number of nitrogens with two attached hydrogens (primary N) is 1. The van der Waals surface area contributed by atoms with E-state index in [-0.39, 0.29) is 11.9 Å². The highest BCUT2D eigenvalue weighted by atomic mass is 32.2. The van der Waals surface area contributed by atoms with Gasteiger partial charge in [0.15, 0.2) is 0 Å². The number of nitrogens with zero attached hydrogens (tertiary/aromatic N) is 1. The molecule has 0 saturated carbocycles. The Morgan fingerprint density at radius 3 is 2.93 bits per heavy atom. The first-order valence-electron chi connectivity index (χ1n) is 4.50. The molecule has 1 unspecified atom stereocenters. The molecule has 0 spiro atoms. The lowest BCUT2D eigenvalue weighted by Gasteiger charge is -2.31. The lowest BCUT2D eigenvalue weighted by atomic mass is 10.3. The van der Waals surface area contributed by atoms with Crippen LogP contribution in [0.5, 0.6) is 0 Å². The number of ether oxygens (including phenoxy) is 1. The van der Waals surface area contributed by atoms with Gasteiger partial charge in [-0.2, -0.15) is 4.31 Å². The summed E-state index contributed by atoms with van der Waals surface area (Å²) in [6.07, 6.45) is 1.21. The maximum atomic E-state index is 11.6. The Hall–Kier alpha value is -0.430. The quantitative estimate of drug-likeness (QED) is 0.627. The Morgan fingerprint density at radius 2 is 2.36 bits per heavy atom. The average Bonchev–Trinajstić information content (AvgIpc) is 2.18. The van der Waals surface area contributed by atoms with Gasteiger partial charge in [-0.05, 0) is 0 Å². The van der Waals surface area contributed by atoms with Gasteiger partial charge in [-0.15, -0.1) is 6.58 Å². The summed E-state index contributed by atoms with van der Waals surface area (Å²) in [5, 5.41) is 0. The molecule has 1 aliphatic rings. The zero-order valence-electron chi connectivity index (χ0n) is 8.05. The van der Waals surface area contributed by atoms with E-state index < -0.39 is 10.0 Å². The van der Waals surface area contributed by atoms with E-state index in [9.17, 15) is 8.42 Å². The van der Waals surface area contributed by atoms with E-state index >= 15 is 0 Å². The molecular weight excluding hydrogens is 204 g/mol. The van der Waals surface area contributed by atoms with Crippen LogP contribution in [0.3, 0.4) is 0 Å². The van der Waals surface area contributed by atoms with Crippen molar-refractivity contribution in [1.29, 1.82) is 0 Å². The minimum absolute atomic E-state index is 0.0235. The maximum absolute atomic E-state index is 11.6. The standard InChI is InChI=1S/C8H16N2O3S/c1-2-5-14(11,12)10-3-4-13-8(6-9)7-10/h2,8H,1,3-7,9H2. The molecule has 1 rings (SSSR count). The van der Waals surface area contributed by atoms with Gasteiger partial charge in [0.2, 0.25) is 10.0 Å². The van der Waals surface area contributed by atoms with E-state index in [2.05, 4.69) is 6.58 Å². The number of morpholine rings is 1. The zero-order valence-corrected chi connectivity index (χ0v) is 8.87. The lowest BCUT2D eigenvalue weighted by Crippen LogP contribution is -2.48. The van der Waals surface area contributed by atoms with Gasteiger partial charge in [0.05, 0.1) is 18.5 Å². The zero-order chi connectivity index (χ0) is 10.6. The molecule has 0 aliphatic carbocycles. The first-order valence-corrected chi connectivity index (χ1v) is 6.11. The van der Waals surface area contributed by atoms with Crippen LogP contribution in [0.15, 0.2) is 12.7 Å². The summed E-state index contributed by atoms with van der Waals surface area (Å²) >= 11 is 0. The molecule has 0 radical (unpaired) electrons. The van der Waals surface area contributed by atoms with Crippen molar-refractivity contribution in [3.8, 4) is 0 Å². The van der Waals surface area contributed by atoms with E-state index in [1.807, 2.05) is 0 Å². The lowest BCUT2D eigenvalue weighted by molar-refractivity contribution is 0.00461. The third-order valence-electron chi connectivity index (χ3n) is 2.09. The van der Waals surface area contributed by atoms with Crippen LogP contribution in [0.25, 0.3) is 0 Å². The van der Waals surface area contributed by atoms with E-state index in [0.717, 1.165) is 0 Å². The fourth-order valence-corrected chi connectivity index (χ4v) is 2.60. The second-order valence-corrected chi connectivity index (χ2v) is 5.17. The van der Waals surface area contributed by atoms with Crippen LogP contribution in [-0.4, -0.2) is 50.8 Å². The molecule has 1 aliphatic heterocycles. The topological polar surface area (TPSA) is 72.6 Å². The fourth-order valence-electron chi connectivity index (χ4n) is 1.34. The molecule has 0 aromatic heterocycles. The Bertz CT molecular complexity index is 289. The summed E-state index contributed by atoms with van der Waals surface area (Å²) in [5.41, 5.74) is 5.42. The Labute approximate surface area is 84.6 Å². The van der Waals surface area contributed by atoms with Crippen molar-refractivity contribution in [2.24, 2.45) is 5.73 Å². The van der Waals surface area contributed by atoms with Crippen molar-refractivity contribution in [2.75, 3.05) is 32.0 Å². The molecule has 5 nitrogen and oxygen atoms in total. The van der Waals surface area contributed by atoms with Crippen molar-refractivity contribution in [1.82, 2.24) is 4.31 Å². The minimum atomic E-state index is -3.20. The molecule has 1 fully saturated rings. The highest BCUT2D eigenvalue weighted by Crippen LogP contribution is 2.09. The first kappa shape index (κ1) is 11.6. The summed E-state index contributed by atoms with van der Waals surface area (Å²) in [5.74, 6) is -0.0235. The summed E-state index contributed by atoms with van der Waals surface area (Å²) < 4.78 is 29.9. The first-order chi connectivity index (χ1) is 6.60. The monoisotopic (exact) mass is 220 g/mol. The minimum Gasteiger partial charge on any atom is -0.374 e. The molecular formula is C8H16N2O3S. The third-order valence-corrected chi connectivity index (χ3v) is 3.86. The van der Waals surface area contributed by atoms with Gasteiger partial charge in [-0.25, -0.2) is 8.42 Å². The van der Waals surface area contributed by atoms with Crippen LogP contribution in [-0.2, 0) is 14.8 Å². The normalized spacial score (nSPS) is 24.8. The van der Waals surface area contributed by atoms with Crippen LogP contribution in [0, 0.1) is 0 Å². The van der Waals surface area contributed by atoms with Gasteiger partial charge in [0.25, 0.3) is 0 Å². The summed E-state index contributed by atoms with van der Waals surface area (Å²) in [6, 6.07) is 0. The Kier molecular flexibility index (Phi) is 4.06. The highest BCUT2D eigenvalue weighted by Gasteiger charge is 2.27. The number of rotatable bonds is 4. The Morgan fingerprint density at radius 1 is 1.64 bits per heavy atom. The van der Waals surface area contributed by atoms with Crippen molar-refractivity contribution in [2.45, 2.75) is 6.10 Å². The van der Waals surface area contributed by atoms with Gasteiger partial charge < -0.3 is 10.5 Å². The average molecular weight is 220 g/mol.